The molecule has 0 amide bonds. The van der Waals surface area contributed by atoms with Crippen LogP contribution in [0.15, 0.2) is 0 Å². The minimum absolute atomic E-state index is 0.227. The second-order valence-electron chi connectivity index (χ2n) is 6.63. The maximum absolute atomic E-state index is 12.5. The van der Waals surface area contributed by atoms with Crippen molar-refractivity contribution in [3.63, 3.8) is 0 Å². The summed E-state index contributed by atoms with van der Waals surface area (Å²) in [5.41, 5.74) is 0. The topological polar surface area (TPSA) is 61.9 Å². The van der Waals surface area contributed by atoms with Gasteiger partial charge in [-0.25, -0.2) is 4.72 Å². The number of hydrogen-bond acceptors (Lipinski definition) is 4. The van der Waals surface area contributed by atoms with E-state index in [9.17, 15) is 8.42 Å². The molecule has 0 bridgehead atoms. The van der Waals surface area contributed by atoms with Gasteiger partial charge in [0.15, 0.2) is 0 Å². The molecule has 7 heteroatoms. The van der Waals surface area contributed by atoms with E-state index >= 15 is 0 Å². The second-order valence-corrected chi connectivity index (χ2v) is 8.38. The Labute approximate surface area is 135 Å². The molecule has 0 aromatic carbocycles. The van der Waals surface area contributed by atoms with E-state index < -0.39 is 10.2 Å². The van der Waals surface area contributed by atoms with Crippen molar-refractivity contribution >= 4 is 10.2 Å². The fraction of sp³-hybridized carbons (Fsp3) is 1.00. The first-order chi connectivity index (χ1) is 10.5. The van der Waals surface area contributed by atoms with E-state index in [4.69, 9.17) is 4.74 Å². The van der Waals surface area contributed by atoms with Crippen molar-refractivity contribution < 1.29 is 13.2 Å². The summed E-state index contributed by atoms with van der Waals surface area (Å²) in [7, 11) is -3.35. The zero-order valence-electron chi connectivity index (χ0n) is 14.0. The number of nitrogens with one attached hydrogen (secondary N) is 1. The molecule has 130 valence electrons. The van der Waals surface area contributed by atoms with Gasteiger partial charge in [-0.05, 0) is 18.8 Å². The molecule has 0 aromatic heterocycles. The van der Waals surface area contributed by atoms with Gasteiger partial charge in [-0.15, -0.1) is 0 Å². The molecule has 22 heavy (non-hydrogen) atoms. The van der Waals surface area contributed by atoms with Crippen molar-refractivity contribution in [3.8, 4) is 0 Å². The van der Waals surface area contributed by atoms with E-state index in [-0.39, 0.29) is 6.04 Å². The van der Waals surface area contributed by atoms with Crippen molar-refractivity contribution in [2.24, 2.45) is 5.92 Å². The normalized spacial score (nSPS) is 24.3. The molecule has 0 aromatic rings. The molecule has 2 aliphatic rings. The molecule has 1 N–H and O–H groups in total. The summed E-state index contributed by atoms with van der Waals surface area (Å²) in [4.78, 5) is 2.35. The van der Waals surface area contributed by atoms with Crippen LogP contribution in [0.25, 0.3) is 0 Å². The van der Waals surface area contributed by atoms with Crippen LogP contribution in [-0.4, -0.2) is 69.6 Å². The van der Waals surface area contributed by atoms with Gasteiger partial charge in [0.05, 0.1) is 13.2 Å². The molecule has 2 fully saturated rings. The summed E-state index contributed by atoms with van der Waals surface area (Å²) in [5.74, 6) is 0.407. The number of ether oxygens (including phenoxy) is 1. The van der Waals surface area contributed by atoms with Crippen LogP contribution >= 0.6 is 0 Å². The molecule has 1 atom stereocenters. The highest BCUT2D eigenvalue weighted by Gasteiger charge is 2.28. The first-order valence-corrected chi connectivity index (χ1v) is 10.0. The predicted molar refractivity (Wildman–Crippen MR) is 88.0 cm³/mol. The smallest absolute Gasteiger partial charge is 0.279 e. The molecular formula is C15H31N3O3S. The summed E-state index contributed by atoms with van der Waals surface area (Å²) >= 11 is 0. The summed E-state index contributed by atoms with van der Waals surface area (Å²) in [6, 6.07) is 0.227. The number of rotatable bonds is 6. The molecule has 0 radical (unpaired) electrons. The van der Waals surface area contributed by atoms with Crippen LogP contribution in [0.1, 0.15) is 39.5 Å². The molecule has 2 saturated heterocycles. The van der Waals surface area contributed by atoms with E-state index in [0.717, 1.165) is 52.0 Å². The Hall–Kier alpha value is -0.210. The van der Waals surface area contributed by atoms with Gasteiger partial charge in [-0.3, -0.25) is 4.90 Å². The molecule has 6 nitrogen and oxygen atoms in total. The monoisotopic (exact) mass is 333 g/mol. The van der Waals surface area contributed by atoms with Crippen LogP contribution in [-0.2, 0) is 14.9 Å². The molecule has 2 heterocycles. The second kappa shape index (κ2) is 8.59. The predicted octanol–water partition coefficient (Wildman–Crippen LogP) is 1.05. The first-order valence-electron chi connectivity index (χ1n) is 8.57. The van der Waals surface area contributed by atoms with Crippen molar-refractivity contribution in [1.29, 1.82) is 0 Å². The van der Waals surface area contributed by atoms with Crippen molar-refractivity contribution in [1.82, 2.24) is 13.9 Å². The Morgan fingerprint density at radius 3 is 2.14 bits per heavy atom. The van der Waals surface area contributed by atoms with Crippen LogP contribution in [0, 0.1) is 5.92 Å². The van der Waals surface area contributed by atoms with Gasteiger partial charge in [0.25, 0.3) is 10.2 Å². The Balaban J connectivity index is 1.92. The van der Waals surface area contributed by atoms with E-state index in [1.54, 1.807) is 4.31 Å². The summed E-state index contributed by atoms with van der Waals surface area (Å²) in [5, 5.41) is 0. The van der Waals surface area contributed by atoms with Gasteiger partial charge in [-0.2, -0.15) is 12.7 Å². The Morgan fingerprint density at radius 2 is 1.59 bits per heavy atom. The maximum atomic E-state index is 12.5. The average Bonchev–Trinajstić information content (AvgIpc) is 2.78. The van der Waals surface area contributed by atoms with Crippen LogP contribution in [0.3, 0.4) is 0 Å². The lowest BCUT2D eigenvalue weighted by Gasteiger charge is -2.37. The van der Waals surface area contributed by atoms with Crippen LogP contribution < -0.4 is 4.72 Å². The fourth-order valence-electron chi connectivity index (χ4n) is 3.26. The molecule has 0 aliphatic carbocycles. The van der Waals surface area contributed by atoms with Crippen molar-refractivity contribution in [2.75, 3.05) is 45.9 Å². The quantitative estimate of drug-likeness (QED) is 0.789. The zero-order chi connectivity index (χ0) is 16.0. The largest absolute Gasteiger partial charge is 0.379 e. The highest BCUT2D eigenvalue weighted by Crippen LogP contribution is 2.15. The van der Waals surface area contributed by atoms with Crippen molar-refractivity contribution in [2.45, 2.75) is 45.6 Å². The fourth-order valence-corrected chi connectivity index (χ4v) is 4.56. The first kappa shape index (κ1) is 18.1. The highest BCUT2D eigenvalue weighted by molar-refractivity contribution is 7.87. The maximum Gasteiger partial charge on any atom is 0.279 e. The zero-order valence-corrected chi connectivity index (χ0v) is 14.8. The molecule has 0 saturated carbocycles. The highest BCUT2D eigenvalue weighted by atomic mass is 32.2. The summed E-state index contributed by atoms with van der Waals surface area (Å²) < 4.78 is 34.9. The lowest BCUT2D eigenvalue weighted by Crippen LogP contribution is -2.53. The van der Waals surface area contributed by atoms with Gasteiger partial charge >= 0.3 is 0 Å². The van der Waals surface area contributed by atoms with Gasteiger partial charge < -0.3 is 4.74 Å². The third kappa shape index (κ3) is 5.16. The minimum Gasteiger partial charge on any atom is -0.379 e. The van der Waals surface area contributed by atoms with E-state index in [0.29, 0.717) is 25.6 Å². The van der Waals surface area contributed by atoms with Crippen molar-refractivity contribution in [3.05, 3.63) is 0 Å². The van der Waals surface area contributed by atoms with Crippen LogP contribution in [0.2, 0.25) is 0 Å². The lowest BCUT2D eigenvalue weighted by molar-refractivity contribution is 0.00768. The molecule has 2 aliphatic heterocycles. The van der Waals surface area contributed by atoms with Crippen LogP contribution in [0.5, 0.6) is 0 Å². The SMILES string of the molecule is CC(C)[C@H](CNS(=O)(=O)N1CCCCCC1)N1CCOCC1. The Bertz CT molecular complexity index is 414. The molecular weight excluding hydrogens is 302 g/mol. The third-order valence-electron chi connectivity index (χ3n) is 4.66. The number of nitrogens with zero attached hydrogens (tertiary/aromatic N) is 2. The van der Waals surface area contributed by atoms with Gasteiger partial charge in [-0.1, -0.05) is 26.7 Å². The lowest BCUT2D eigenvalue weighted by atomic mass is 10.0. The van der Waals surface area contributed by atoms with Gasteiger partial charge in [0, 0.05) is 38.8 Å². The standard InChI is InChI=1S/C15H31N3O3S/c1-14(2)15(17-9-11-21-12-10-17)13-16-22(19,20)18-7-5-3-4-6-8-18/h14-16H,3-13H2,1-2H3/t15-/m0/s1. The minimum atomic E-state index is -3.35. The van der Waals surface area contributed by atoms with E-state index in [2.05, 4.69) is 23.5 Å². The van der Waals surface area contributed by atoms with Crippen LogP contribution in [0.4, 0.5) is 0 Å². The third-order valence-corrected chi connectivity index (χ3v) is 6.24. The Kier molecular flexibility index (Phi) is 7.08. The van der Waals surface area contributed by atoms with Gasteiger partial charge in [0.1, 0.15) is 0 Å². The van der Waals surface area contributed by atoms with E-state index in [1.807, 2.05) is 0 Å². The number of morpholine rings is 1. The molecule has 2 rings (SSSR count). The molecule has 0 unspecified atom stereocenters. The number of hydrogen-bond donors (Lipinski definition) is 1. The Morgan fingerprint density at radius 1 is 1.00 bits per heavy atom. The summed E-state index contributed by atoms with van der Waals surface area (Å²) in [6.07, 6.45) is 4.21. The summed E-state index contributed by atoms with van der Waals surface area (Å²) in [6.45, 7) is 9.34. The molecule has 0 spiro atoms. The van der Waals surface area contributed by atoms with Gasteiger partial charge in [0.2, 0.25) is 0 Å². The van der Waals surface area contributed by atoms with E-state index in [1.165, 1.54) is 0 Å². The average molecular weight is 333 g/mol.